The molecule has 0 radical (unpaired) electrons. The Bertz CT molecular complexity index is 1050. The van der Waals surface area contributed by atoms with Crippen molar-refractivity contribution < 1.29 is 19.0 Å². The number of fused-ring (bicyclic) bond motifs is 2. The highest BCUT2D eigenvalue weighted by Gasteiger charge is 2.33. The summed E-state index contributed by atoms with van der Waals surface area (Å²) < 4.78 is 16.4. The number of ether oxygens (including phenoxy) is 3. The van der Waals surface area contributed by atoms with Crippen LogP contribution in [0.25, 0.3) is 10.9 Å². The Morgan fingerprint density at radius 3 is 2.57 bits per heavy atom. The van der Waals surface area contributed by atoms with Crippen molar-refractivity contribution in [2.45, 2.75) is 5.92 Å². The summed E-state index contributed by atoms with van der Waals surface area (Å²) in [6.45, 7) is 0.556. The van der Waals surface area contributed by atoms with Crippen LogP contribution in [-0.2, 0) is 0 Å². The first-order chi connectivity index (χ1) is 13.6. The first-order valence-corrected chi connectivity index (χ1v) is 9.44. The molecule has 1 aromatic heterocycles. The summed E-state index contributed by atoms with van der Waals surface area (Å²) in [4.78, 5) is 18.3. The quantitative estimate of drug-likeness (QED) is 0.653. The molecule has 1 atom stereocenters. The minimum Gasteiger partial charge on any atom is -0.493 e. The molecule has 0 saturated carbocycles. The van der Waals surface area contributed by atoms with Gasteiger partial charge in [-0.25, -0.2) is 0 Å². The largest absolute Gasteiger partial charge is 0.493 e. The monoisotopic (exact) mass is 400 g/mol. The molecule has 2 heterocycles. The molecule has 1 aliphatic rings. The van der Waals surface area contributed by atoms with E-state index in [2.05, 4.69) is 4.98 Å². The number of anilines is 1. The second-order valence-corrected chi connectivity index (χ2v) is 6.93. The predicted octanol–water partition coefficient (Wildman–Crippen LogP) is 4.18. The zero-order chi connectivity index (χ0) is 19.8. The Balaban J connectivity index is 1.79. The van der Waals surface area contributed by atoms with Gasteiger partial charge in [0.05, 0.1) is 26.8 Å². The van der Waals surface area contributed by atoms with Crippen molar-refractivity contribution in [3.05, 3.63) is 47.7 Å². The Labute approximate surface area is 167 Å². The average molecular weight is 401 g/mol. The van der Waals surface area contributed by atoms with Crippen molar-refractivity contribution in [3.63, 3.8) is 0 Å². The van der Waals surface area contributed by atoms with Gasteiger partial charge in [0.15, 0.2) is 11.5 Å². The normalized spacial score (nSPS) is 15.6. The molecule has 4 rings (SSSR count). The van der Waals surface area contributed by atoms with Gasteiger partial charge in [-0.1, -0.05) is 18.2 Å². The van der Waals surface area contributed by atoms with E-state index in [0.717, 1.165) is 16.6 Å². The van der Waals surface area contributed by atoms with Crippen molar-refractivity contribution >= 4 is 34.1 Å². The molecule has 1 unspecified atom stereocenters. The maximum atomic E-state index is 13.3. The van der Waals surface area contributed by atoms with Gasteiger partial charge in [-0.05, 0) is 23.8 Å². The highest BCUT2D eigenvalue weighted by atomic mass is 35.5. The number of benzene rings is 2. The molecule has 3 aromatic rings. The van der Waals surface area contributed by atoms with Crippen molar-refractivity contribution in [2.24, 2.45) is 0 Å². The van der Waals surface area contributed by atoms with Gasteiger partial charge in [0, 0.05) is 29.4 Å². The number of para-hydroxylation sites is 1. The number of alkyl halides is 1. The predicted molar refractivity (Wildman–Crippen MR) is 110 cm³/mol. The SMILES string of the molecule is COc1cc2cc(C(=O)N3CC(CCl)c4ccccc43)[nH]c2c(OC)c1OC. The number of methoxy groups -OCH3 is 3. The Hall–Kier alpha value is -2.86. The molecule has 0 bridgehead atoms. The first-order valence-electron chi connectivity index (χ1n) is 8.91. The van der Waals surface area contributed by atoms with Gasteiger partial charge in [-0.3, -0.25) is 4.79 Å². The third kappa shape index (κ3) is 2.76. The fourth-order valence-electron chi connectivity index (χ4n) is 3.82. The van der Waals surface area contributed by atoms with Gasteiger partial charge in [0.2, 0.25) is 5.75 Å². The van der Waals surface area contributed by atoms with Crippen LogP contribution in [0.3, 0.4) is 0 Å². The summed E-state index contributed by atoms with van der Waals surface area (Å²) in [5, 5.41) is 0.805. The van der Waals surface area contributed by atoms with E-state index in [0.29, 0.717) is 40.9 Å². The minimum absolute atomic E-state index is 0.115. The lowest BCUT2D eigenvalue weighted by molar-refractivity contribution is 0.0984. The molecule has 0 spiro atoms. The molecular formula is C21H21ClN2O4. The first kappa shape index (κ1) is 18.5. The number of nitrogens with zero attached hydrogens (tertiary/aromatic N) is 1. The molecule has 7 heteroatoms. The van der Waals surface area contributed by atoms with Crippen molar-refractivity contribution in [2.75, 3.05) is 38.7 Å². The molecule has 2 aromatic carbocycles. The second kappa shape index (κ2) is 7.28. The number of nitrogens with one attached hydrogen (secondary N) is 1. The van der Waals surface area contributed by atoms with E-state index in [4.69, 9.17) is 25.8 Å². The molecule has 146 valence electrons. The van der Waals surface area contributed by atoms with E-state index < -0.39 is 0 Å². The van der Waals surface area contributed by atoms with Gasteiger partial charge >= 0.3 is 0 Å². The molecule has 0 saturated heterocycles. The van der Waals surface area contributed by atoms with Crippen molar-refractivity contribution in [3.8, 4) is 17.2 Å². The summed E-state index contributed by atoms with van der Waals surface area (Å²) in [7, 11) is 4.67. The zero-order valence-electron chi connectivity index (χ0n) is 15.9. The van der Waals surface area contributed by atoms with Crippen LogP contribution in [-0.4, -0.2) is 44.6 Å². The second-order valence-electron chi connectivity index (χ2n) is 6.62. The number of aromatic nitrogens is 1. The molecule has 0 fully saturated rings. The van der Waals surface area contributed by atoms with Crippen LogP contribution in [0.15, 0.2) is 36.4 Å². The van der Waals surface area contributed by atoms with E-state index in [1.807, 2.05) is 30.3 Å². The summed E-state index contributed by atoms with van der Waals surface area (Å²) in [6, 6.07) is 11.5. The van der Waals surface area contributed by atoms with E-state index in [1.54, 1.807) is 32.3 Å². The standard InChI is InChI=1S/C21H21ClN2O4/c1-26-17-9-12-8-15(23-18(12)20(28-3)19(17)27-2)21(25)24-11-13(10-22)14-6-4-5-7-16(14)24/h4-9,13,23H,10-11H2,1-3H3. The molecule has 1 aliphatic heterocycles. The maximum Gasteiger partial charge on any atom is 0.274 e. The van der Waals surface area contributed by atoms with Gasteiger partial charge in [-0.15, -0.1) is 11.6 Å². The topological polar surface area (TPSA) is 63.8 Å². The van der Waals surface area contributed by atoms with Gasteiger partial charge < -0.3 is 24.1 Å². The Morgan fingerprint density at radius 2 is 1.89 bits per heavy atom. The van der Waals surface area contributed by atoms with Crippen LogP contribution in [0.5, 0.6) is 17.2 Å². The fourth-order valence-corrected chi connectivity index (χ4v) is 4.09. The number of H-pyrrole nitrogens is 1. The summed E-state index contributed by atoms with van der Waals surface area (Å²) in [6.07, 6.45) is 0. The summed E-state index contributed by atoms with van der Waals surface area (Å²) in [5.74, 6) is 1.99. The van der Waals surface area contributed by atoms with Crippen LogP contribution in [0, 0.1) is 0 Å². The number of rotatable bonds is 5. The van der Waals surface area contributed by atoms with E-state index in [9.17, 15) is 4.79 Å². The fraction of sp³-hybridized carbons (Fsp3) is 0.286. The van der Waals surface area contributed by atoms with E-state index in [1.165, 1.54) is 0 Å². The van der Waals surface area contributed by atoms with Crippen LogP contribution in [0.4, 0.5) is 5.69 Å². The number of carbonyl (C=O) groups is 1. The van der Waals surface area contributed by atoms with E-state index in [-0.39, 0.29) is 11.8 Å². The molecule has 6 nitrogen and oxygen atoms in total. The van der Waals surface area contributed by atoms with Crippen molar-refractivity contribution in [1.82, 2.24) is 4.98 Å². The van der Waals surface area contributed by atoms with E-state index >= 15 is 0 Å². The molecule has 0 aliphatic carbocycles. The Kier molecular flexibility index (Phi) is 4.81. The Morgan fingerprint density at radius 1 is 1.14 bits per heavy atom. The van der Waals surface area contributed by atoms with Crippen LogP contribution >= 0.6 is 11.6 Å². The van der Waals surface area contributed by atoms with Gasteiger partial charge in [-0.2, -0.15) is 0 Å². The highest BCUT2D eigenvalue weighted by molar-refractivity contribution is 6.19. The number of carbonyl (C=O) groups excluding carboxylic acids is 1. The lowest BCUT2D eigenvalue weighted by Crippen LogP contribution is -2.30. The number of hydrogen-bond acceptors (Lipinski definition) is 4. The number of aromatic amines is 1. The molecule has 28 heavy (non-hydrogen) atoms. The lowest BCUT2D eigenvalue weighted by atomic mass is 10.0. The number of amides is 1. The molecule has 1 amide bonds. The highest BCUT2D eigenvalue weighted by Crippen LogP contribution is 2.44. The number of halogens is 1. The maximum absolute atomic E-state index is 13.3. The summed E-state index contributed by atoms with van der Waals surface area (Å²) in [5.41, 5.74) is 3.15. The smallest absolute Gasteiger partial charge is 0.274 e. The van der Waals surface area contributed by atoms with Crippen LogP contribution < -0.4 is 19.1 Å². The third-order valence-electron chi connectivity index (χ3n) is 5.15. The third-order valence-corrected chi connectivity index (χ3v) is 5.52. The molecule has 1 N–H and O–H groups in total. The van der Waals surface area contributed by atoms with Crippen LogP contribution in [0.1, 0.15) is 22.0 Å². The van der Waals surface area contributed by atoms with Crippen LogP contribution in [0.2, 0.25) is 0 Å². The lowest BCUT2D eigenvalue weighted by Gasteiger charge is -2.16. The molecular weight excluding hydrogens is 380 g/mol. The van der Waals surface area contributed by atoms with Gasteiger partial charge in [0.1, 0.15) is 5.69 Å². The summed E-state index contributed by atoms with van der Waals surface area (Å²) >= 11 is 6.13. The number of hydrogen-bond donors (Lipinski definition) is 1. The zero-order valence-corrected chi connectivity index (χ0v) is 16.7. The van der Waals surface area contributed by atoms with Crippen molar-refractivity contribution in [1.29, 1.82) is 0 Å². The average Bonchev–Trinajstić information content (AvgIpc) is 3.33. The minimum atomic E-state index is -0.115. The van der Waals surface area contributed by atoms with Gasteiger partial charge in [0.25, 0.3) is 5.91 Å².